The van der Waals surface area contributed by atoms with Crippen molar-refractivity contribution in [2.45, 2.75) is 6.18 Å². The predicted molar refractivity (Wildman–Crippen MR) is 101 cm³/mol. The number of hydrogen-bond acceptors (Lipinski definition) is 8. The van der Waals surface area contributed by atoms with Gasteiger partial charge in [-0.25, -0.2) is 4.79 Å². The summed E-state index contributed by atoms with van der Waals surface area (Å²) in [6.45, 7) is 0. The topological polar surface area (TPSA) is 109 Å². The lowest BCUT2D eigenvalue weighted by molar-refractivity contribution is -0.154. The highest BCUT2D eigenvalue weighted by atomic mass is 32.2. The molecule has 8 nitrogen and oxygen atoms in total. The van der Waals surface area contributed by atoms with Crippen molar-refractivity contribution in [2.75, 3.05) is 13.4 Å². The van der Waals surface area contributed by atoms with Gasteiger partial charge in [0, 0.05) is 6.07 Å². The molecule has 3 rings (SSSR count). The third-order valence-corrected chi connectivity index (χ3v) is 4.32. The van der Waals surface area contributed by atoms with Gasteiger partial charge >= 0.3 is 22.3 Å². The monoisotopic (exact) mass is 458 g/mol. The molecule has 12 heteroatoms. The zero-order chi connectivity index (χ0) is 23.0. The van der Waals surface area contributed by atoms with E-state index >= 15 is 0 Å². The first-order valence-electron chi connectivity index (χ1n) is 8.33. The zero-order valence-electron chi connectivity index (χ0n) is 15.8. The summed E-state index contributed by atoms with van der Waals surface area (Å²) >= 11 is 0. The van der Waals surface area contributed by atoms with E-state index in [1.807, 2.05) is 0 Å². The van der Waals surface area contributed by atoms with Crippen LogP contribution in [0.4, 0.5) is 13.2 Å². The molecular formula is C19H13F3O8S. The molecule has 0 radical (unpaired) electrons. The molecule has 0 amide bonds. The molecule has 0 saturated carbocycles. The van der Waals surface area contributed by atoms with E-state index in [-0.39, 0.29) is 22.4 Å². The van der Waals surface area contributed by atoms with Crippen LogP contribution in [0.3, 0.4) is 0 Å². The van der Waals surface area contributed by atoms with E-state index in [0.29, 0.717) is 0 Å². The van der Waals surface area contributed by atoms with Crippen molar-refractivity contribution in [3.05, 3.63) is 64.0 Å². The average Bonchev–Trinajstić information content (AvgIpc) is 2.67. The number of esters is 1. The van der Waals surface area contributed by atoms with Crippen molar-refractivity contribution >= 4 is 27.1 Å². The van der Waals surface area contributed by atoms with Crippen LogP contribution in [0, 0.1) is 0 Å². The quantitative estimate of drug-likeness (QED) is 0.420. The molecule has 0 aliphatic heterocycles. The molecule has 0 N–H and O–H groups in total. The van der Waals surface area contributed by atoms with Gasteiger partial charge in [0.2, 0.25) is 11.2 Å². The van der Waals surface area contributed by atoms with Gasteiger partial charge in [-0.3, -0.25) is 4.79 Å². The van der Waals surface area contributed by atoms with Crippen LogP contribution >= 0.6 is 0 Å². The molecule has 164 valence electrons. The molecule has 0 spiro atoms. The summed E-state index contributed by atoms with van der Waals surface area (Å²) < 4.78 is 82.2. The third-order valence-electron chi connectivity index (χ3n) is 3.82. The summed E-state index contributed by atoms with van der Waals surface area (Å²) in [4.78, 5) is 24.2. The first-order valence-corrected chi connectivity index (χ1v) is 10.1. The molecule has 0 fully saturated rings. The molecule has 0 unspecified atom stereocenters. The number of halogens is 3. The van der Waals surface area contributed by atoms with Crippen molar-refractivity contribution in [1.82, 2.24) is 0 Å². The van der Waals surface area contributed by atoms with Gasteiger partial charge in [-0.15, -0.1) is 0 Å². The minimum absolute atomic E-state index is 0.120. The number of ether oxygens (including phenoxy) is 2. The molecule has 0 atom stereocenters. The van der Waals surface area contributed by atoms with E-state index in [9.17, 15) is 31.2 Å². The van der Waals surface area contributed by atoms with Crippen LogP contribution in [-0.4, -0.2) is 27.8 Å². The van der Waals surface area contributed by atoms with Crippen LogP contribution in [0.1, 0.15) is 16.1 Å². The first kappa shape index (κ1) is 22.2. The Hall–Kier alpha value is -3.54. The summed E-state index contributed by atoms with van der Waals surface area (Å²) in [6, 6.07) is 7.83. The van der Waals surface area contributed by atoms with E-state index in [1.165, 1.54) is 24.3 Å². The summed E-state index contributed by atoms with van der Waals surface area (Å²) in [7, 11) is -2.79. The summed E-state index contributed by atoms with van der Waals surface area (Å²) in [5.41, 5.74) is -1.57. The van der Waals surface area contributed by atoms with Crippen molar-refractivity contribution in [3.63, 3.8) is 0 Å². The SMILES string of the molecule is COC(=O)c1ccc(Oc2c(C(F)(F)F)oc3cc(OS(C)(=O)=O)ccc3c2=O)cc1. The Bertz CT molecular complexity index is 1310. The zero-order valence-corrected chi connectivity index (χ0v) is 16.7. The number of rotatable bonds is 5. The van der Waals surface area contributed by atoms with Gasteiger partial charge in [0.25, 0.3) is 5.76 Å². The maximum Gasteiger partial charge on any atom is 0.453 e. The van der Waals surface area contributed by atoms with Crippen molar-refractivity contribution in [2.24, 2.45) is 0 Å². The van der Waals surface area contributed by atoms with Crippen LogP contribution in [-0.2, 0) is 21.0 Å². The first-order chi connectivity index (χ1) is 14.4. The molecule has 0 aliphatic carbocycles. The Labute approximate surface area is 172 Å². The molecule has 0 bridgehead atoms. The number of alkyl halides is 3. The average molecular weight is 458 g/mol. The fourth-order valence-corrected chi connectivity index (χ4v) is 3.01. The molecule has 2 aromatic carbocycles. The molecular weight excluding hydrogens is 445 g/mol. The van der Waals surface area contributed by atoms with Gasteiger partial charge in [-0.1, -0.05) is 0 Å². The van der Waals surface area contributed by atoms with Gasteiger partial charge < -0.3 is 18.1 Å². The van der Waals surface area contributed by atoms with Gasteiger partial charge in [0.05, 0.1) is 24.3 Å². The number of fused-ring (bicyclic) bond motifs is 1. The van der Waals surface area contributed by atoms with Crippen LogP contribution in [0.5, 0.6) is 17.2 Å². The van der Waals surface area contributed by atoms with E-state index in [2.05, 4.69) is 8.92 Å². The second kappa shape index (κ2) is 7.95. The minimum atomic E-state index is -5.11. The fraction of sp³-hybridized carbons (Fsp3) is 0.158. The van der Waals surface area contributed by atoms with Crippen LogP contribution in [0.25, 0.3) is 11.0 Å². The highest BCUT2D eigenvalue weighted by Crippen LogP contribution is 2.38. The number of hydrogen-bond donors (Lipinski definition) is 0. The highest BCUT2D eigenvalue weighted by Gasteiger charge is 2.40. The lowest BCUT2D eigenvalue weighted by atomic mass is 10.2. The van der Waals surface area contributed by atoms with Crippen molar-refractivity contribution in [3.8, 4) is 17.2 Å². The number of carbonyl (C=O) groups excluding carboxylic acids is 1. The third kappa shape index (κ3) is 4.97. The lowest BCUT2D eigenvalue weighted by Gasteiger charge is -2.13. The smallest absolute Gasteiger partial charge is 0.453 e. The van der Waals surface area contributed by atoms with Crippen LogP contribution in [0.2, 0.25) is 0 Å². The highest BCUT2D eigenvalue weighted by molar-refractivity contribution is 7.86. The van der Waals surface area contributed by atoms with Gasteiger partial charge in [-0.2, -0.15) is 21.6 Å². The number of methoxy groups -OCH3 is 1. The van der Waals surface area contributed by atoms with E-state index in [1.54, 1.807) is 0 Å². The molecule has 0 aliphatic rings. The summed E-state index contributed by atoms with van der Waals surface area (Å²) in [6.07, 6.45) is -4.36. The Morgan fingerprint density at radius 1 is 1.03 bits per heavy atom. The van der Waals surface area contributed by atoms with E-state index < -0.39 is 44.8 Å². The molecule has 0 saturated heterocycles. The Morgan fingerprint density at radius 2 is 1.65 bits per heavy atom. The minimum Gasteiger partial charge on any atom is -0.465 e. The maximum atomic E-state index is 13.5. The normalized spacial score (nSPS) is 11.9. The van der Waals surface area contributed by atoms with E-state index in [0.717, 1.165) is 31.6 Å². The Balaban J connectivity index is 2.11. The summed E-state index contributed by atoms with van der Waals surface area (Å²) in [5.74, 6) is -4.01. The Morgan fingerprint density at radius 3 is 2.19 bits per heavy atom. The molecule has 3 aromatic rings. The second-order valence-electron chi connectivity index (χ2n) is 6.15. The second-order valence-corrected chi connectivity index (χ2v) is 7.73. The van der Waals surface area contributed by atoms with Crippen LogP contribution < -0.4 is 14.3 Å². The van der Waals surface area contributed by atoms with Crippen molar-refractivity contribution in [1.29, 1.82) is 0 Å². The number of benzene rings is 2. The van der Waals surface area contributed by atoms with Gasteiger partial charge in [0.1, 0.15) is 17.1 Å². The van der Waals surface area contributed by atoms with Crippen LogP contribution in [0.15, 0.2) is 51.7 Å². The maximum absolute atomic E-state index is 13.5. The Kier molecular flexibility index (Phi) is 5.68. The molecule has 1 aromatic heterocycles. The standard InChI is InChI=1S/C19H13F3O8S/c1-27-18(24)10-3-5-11(6-4-10)28-16-15(23)13-8-7-12(30-31(2,25)26)9-14(13)29-17(16)19(20,21)22/h3-9H,1-2H3. The largest absolute Gasteiger partial charge is 0.465 e. The fourth-order valence-electron chi connectivity index (χ4n) is 2.56. The molecule has 1 heterocycles. The lowest BCUT2D eigenvalue weighted by Crippen LogP contribution is -2.15. The summed E-state index contributed by atoms with van der Waals surface area (Å²) in [5, 5.41) is -0.296. The predicted octanol–water partition coefficient (Wildman–Crippen LogP) is 3.73. The van der Waals surface area contributed by atoms with Crippen molar-refractivity contribution < 1.29 is 44.5 Å². The number of carbonyl (C=O) groups is 1. The van der Waals surface area contributed by atoms with Gasteiger partial charge in [-0.05, 0) is 36.4 Å². The van der Waals surface area contributed by atoms with Gasteiger partial charge in [0.15, 0.2) is 0 Å². The van der Waals surface area contributed by atoms with E-state index in [4.69, 9.17) is 9.15 Å². The molecule has 31 heavy (non-hydrogen) atoms.